The summed E-state index contributed by atoms with van der Waals surface area (Å²) in [5, 5.41) is 59.6. The zero-order chi connectivity index (χ0) is 17.2. The second kappa shape index (κ2) is 5.60. The average Bonchev–Trinajstić information content (AvgIpc) is 2.48. The van der Waals surface area contributed by atoms with Crippen LogP contribution in [0.15, 0.2) is 0 Å². The van der Waals surface area contributed by atoms with Gasteiger partial charge >= 0.3 is 0 Å². The zero-order valence-corrected chi connectivity index (χ0v) is 13.6. The van der Waals surface area contributed by atoms with Gasteiger partial charge in [-0.2, -0.15) is 0 Å². The Hall–Kier alpha value is -0.320. The quantitative estimate of drug-likeness (QED) is 0.310. The SMILES string of the molecule is CC12CN3CC(C)(CN(C1)C3[C@H](O)[C@H](O)[C@@H](O)[C@H](O)CO)C2O. The van der Waals surface area contributed by atoms with Crippen LogP contribution in [0.3, 0.4) is 0 Å². The topological polar surface area (TPSA) is 128 Å². The molecule has 4 aliphatic rings. The molecule has 0 aliphatic carbocycles. The standard InChI is InChI=1S/C15H28N2O6/c1-14-4-16-6-15(2,13(14)23)7-17(5-14)12(16)11(22)10(21)9(20)8(19)3-18/h8-13,18-23H,3-7H2,1-2H3/t8-,9+,10-,11-,12?,13?,14?,15?/m1/s1. The van der Waals surface area contributed by atoms with E-state index >= 15 is 0 Å². The molecular formula is C15H28N2O6. The number of hydrogen-bond donors (Lipinski definition) is 6. The van der Waals surface area contributed by atoms with Crippen LogP contribution in [0, 0.1) is 10.8 Å². The monoisotopic (exact) mass is 332 g/mol. The molecule has 4 saturated heterocycles. The van der Waals surface area contributed by atoms with Gasteiger partial charge < -0.3 is 30.6 Å². The maximum Gasteiger partial charge on any atom is 0.111 e. The van der Waals surface area contributed by atoms with Gasteiger partial charge in [0.15, 0.2) is 0 Å². The first-order valence-corrected chi connectivity index (χ1v) is 8.12. The molecule has 0 spiro atoms. The third-order valence-corrected chi connectivity index (χ3v) is 5.91. The minimum absolute atomic E-state index is 0.282. The van der Waals surface area contributed by atoms with Crippen LogP contribution >= 0.6 is 0 Å². The van der Waals surface area contributed by atoms with Crippen molar-refractivity contribution < 1.29 is 30.6 Å². The van der Waals surface area contributed by atoms with Gasteiger partial charge in [-0.25, -0.2) is 0 Å². The van der Waals surface area contributed by atoms with E-state index in [1.807, 2.05) is 23.6 Å². The van der Waals surface area contributed by atoms with Crippen LogP contribution in [0.25, 0.3) is 0 Å². The molecule has 0 aromatic rings. The first-order chi connectivity index (χ1) is 10.6. The highest BCUT2D eigenvalue weighted by atomic mass is 16.4. The highest BCUT2D eigenvalue weighted by Gasteiger charge is 2.63. The van der Waals surface area contributed by atoms with Crippen LogP contribution in [0.1, 0.15) is 13.8 Å². The number of piperidine rings is 2. The molecule has 6 N–H and O–H groups in total. The molecule has 0 aromatic carbocycles. The van der Waals surface area contributed by atoms with E-state index in [9.17, 15) is 25.5 Å². The van der Waals surface area contributed by atoms with E-state index in [2.05, 4.69) is 0 Å². The number of nitrogens with zero attached hydrogens (tertiary/aromatic N) is 2. The van der Waals surface area contributed by atoms with Crippen LogP contribution in [0.4, 0.5) is 0 Å². The highest BCUT2D eigenvalue weighted by Crippen LogP contribution is 2.51. The lowest BCUT2D eigenvalue weighted by Crippen LogP contribution is -2.81. The van der Waals surface area contributed by atoms with Gasteiger partial charge in [-0.1, -0.05) is 13.8 Å². The van der Waals surface area contributed by atoms with E-state index in [4.69, 9.17) is 5.11 Å². The Morgan fingerprint density at radius 2 is 1.35 bits per heavy atom. The van der Waals surface area contributed by atoms with Crippen molar-refractivity contribution in [2.45, 2.75) is 50.5 Å². The van der Waals surface area contributed by atoms with Gasteiger partial charge in [-0.15, -0.1) is 0 Å². The van der Waals surface area contributed by atoms with Gasteiger partial charge in [0.25, 0.3) is 0 Å². The summed E-state index contributed by atoms with van der Waals surface area (Å²) in [6.45, 7) is 5.78. The molecular weight excluding hydrogens is 304 g/mol. The summed E-state index contributed by atoms with van der Waals surface area (Å²) < 4.78 is 0. The molecule has 4 rings (SSSR count). The van der Waals surface area contributed by atoms with E-state index in [1.165, 1.54) is 0 Å². The Morgan fingerprint density at radius 3 is 1.74 bits per heavy atom. The second-order valence-corrected chi connectivity index (χ2v) is 8.16. The fraction of sp³-hybridized carbons (Fsp3) is 1.00. The normalized spacial score (nSPS) is 50.6. The summed E-state index contributed by atoms with van der Waals surface area (Å²) in [6, 6.07) is 0. The predicted octanol–water partition coefficient (Wildman–Crippen LogP) is -3.23. The summed E-state index contributed by atoms with van der Waals surface area (Å²) in [4.78, 5) is 4.07. The Kier molecular flexibility index (Phi) is 4.26. The van der Waals surface area contributed by atoms with Crippen LogP contribution < -0.4 is 0 Å². The Morgan fingerprint density at radius 1 is 0.913 bits per heavy atom. The maximum atomic E-state index is 10.6. The van der Waals surface area contributed by atoms with Crippen LogP contribution in [0.2, 0.25) is 0 Å². The molecule has 8 heteroatoms. The third-order valence-electron chi connectivity index (χ3n) is 5.91. The van der Waals surface area contributed by atoms with E-state index in [0.29, 0.717) is 26.2 Å². The lowest BCUT2D eigenvalue weighted by atomic mass is 9.60. The van der Waals surface area contributed by atoms with Gasteiger partial charge in [-0.3, -0.25) is 9.80 Å². The maximum absolute atomic E-state index is 10.6. The molecule has 23 heavy (non-hydrogen) atoms. The molecule has 0 amide bonds. The Labute approximate surface area is 135 Å². The molecule has 134 valence electrons. The van der Waals surface area contributed by atoms with Crippen molar-refractivity contribution in [1.82, 2.24) is 9.80 Å². The summed E-state index contributed by atoms with van der Waals surface area (Å²) in [7, 11) is 0. The molecule has 0 radical (unpaired) electrons. The molecule has 4 atom stereocenters. The minimum Gasteiger partial charge on any atom is -0.394 e. The average molecular weight is 332 g/mol. The van der Waals surface area contributed by atoms with E-state index in [-0.39, 0.29) is 10.8 Å². The van der Waals surface area contributed by atoms with Crippen molar-refractivity contribution in [2.75, 3.05) is 32.8 Å². The predicted molar refractivity (Wildman–Crippen MR) is 80.3 cm³/mol. The second-order valence-electron chi connectivity index (χ2n) is 8.16. The van der Waals surface area contributed by atoms with Crippen LogP contribution in [-0.4, -0.2) is 110 Å². The molecule has 4 aliphatic heterocycles. The Bertz CT molecular complexity index is 425. The number of hydrogen-bond acceptors (Lipinski definition) is 8. The van der Waals surface area contributed by atoms with Crippen molar-refractivity contribution in [3.63, 3.8) is 0 Å². The number of aliphatic hydroxyl groups is 6. The molecule has 0 aromatic heterocycles. The van der Waals surface area contributed by atoms with Crippen molar-refractivity contribution >= 4 is 0 Å². The fourth-order valence-electron chi connectivity index (χ4n) is 5.01. The Balaban J connectivity index is 1.78. The van der Waals surface area contributed by atoms with Crippen molar-refractivity contribution in [1.29, 1.82) is 0 Å². The molecule has 4 bridgehead atoms. The zero-order valence-electron chi connectivity index (χ0n) is 13.6. The van der Waals surface area contributed by atoms with Gasteiger partial charge in [0.1, 0.15) is 24.4 Å². The summed E-state index contributed by atoms with van der Waals surface area (Å²) >= 11 is 0. The fourth-order valence-corrected chi connectivity index (χ4v) is 5.01. The van der Waals surface area contributed by atoms with E-state index < -0.39 is 43.3 Å². The summed E-state index contributed by atoms with van der Waals surface area (Å²) in [6.07, 6.45) is -6.85. The first kappa shape index (κ1) is 17.5. The van der Waals surface area contributed by atoms with Crippen LogP contribution in [0.5, 0.6) is 0 Å². The first-order valence-electron chi connectivity index (χ1n) is 8.12. The molecule has 8 nitrogen and oxygen atoms in total. The summed E-state index contributed by atoms with van der Waals surface area (Å²) in [5.41, 5.74) is -0.564. The van der Waals surface area contributed by atoms with Gasteiger partial charge in [0.05, 0.1) is 18.9 Å². The van der Waals surface area contributed by atoms with Gasteiger partial charge in [0.2, 0.25) is 0 Å². The van der Waals surface area contributed by atoms with Crippen LogP contribution in [-0.2, 0) is 0 Å². The van der Waals surface area contributed by atoms with E-state index in [0.717, 1.165) is 0 Å². The largest absolute Gasteiger partial charge is 0.394 e. The minimum atomic E-state index is -1.62. The lowest BCUT2D eigenvalue weighted by molar-refractivity contribution is -0.277. The van der Waals surface area contributed by atoms with Gasteiger partial charge in [-0.05, 0) is 0 Å². The van der Waals surface area contributed by atoms with Gasteiger partial charge in [0, 0.05) is 37.0 Å². The molecule has 4 heterocycles. The molecule has 0 saturated carbocycles. The van der Waals surface area contributed by atoms with E-state index in [1.54, 1.807) is 0 Å². The number of aliphatic hydroxyl groups excluding tert-OH is 6. The lowest BCUT2D eigenvalue weighted by Gasteiger charge is -2.68. The molecule has 4 fully saturated rings. The number of rotatable bonds is 5. The van der Waals surface area contributed by atoms with Crippen molar-refractivity contribution in [3.05, 3.63) is 0 Å². The third kappa shape index (κ3) is 2.52. The van der Waals surface area contributed by atoms with Crippen molar-refractivity contribution in [3.8, 4) is 0 Å². The summed E-state index contributed by atoms with van der Waals surface area (Å²) in [5.74, 6) is 0. The smallest absolute Gasteiger partial charge is 0.111 e. The molecule has 0 unspecified atom stereocenters. The van der Waals surface area contributed by atoms with Crippen molar-refractivity contribution in [2.24, 2.45) is 10.8 Å². The highest BCUT2D eigenvalue weighted by molar-refractivity contribution is 5.14.